The van der Waals surface area contributed by atoms with Gasteiger partial charge in [-0.2, -0.15) is 0 Å². The van der Waals surface area contributed by atoms with Gasteiger partial charge in [0.25, 0.3) is 0 Å². The molecule has 0 N–H and O–H groups in total. The second kappa shape index (κ2) is 5.66. The SMILES string of the molecule is CCOC(=O)c1cc(OC2CCCC2)ccn1. The van der Waals surface area contributed by atoms with E-state index in [0.717, 1.165) is 12.8 Å². The monoisotopic (exact) mass is 235 g/mol. The van der Waals surface area contributed by atoms with Gasteiger partial charge in [0, 0.05) is 12.3 Å². The number of aromatic nitrogens is 1. The Hall–Kier alpha value is -1.58. The molecule has 1 heterocycles. The lowest BCUT2D eigenvalue weighted by Gasteiger charge is -2.13. The largest absolute Gasteiger partial charge is 0.490 e. The predicted molar refractivity (Wildman–Crippen MR) is 63.1 cm³/mol. The highest BCUT2D eigenvalue weighted by molar-refractivity contribution is 5.87. The van der Waals surface area contributed by atoms with Gasteiger partial charge in [0.05, 0.1) is 12.7 Å². The van der Waals surface area contributed by atoms with Crippen LogP contribution in [0.5, 0.6) is 5.75 Å². The fourth-order valence-corrected chi connectivity index (χ4v) is 2.00. The van der Waals surface area contributed by atoms with Gasteiger partial charge in [-0.05, 0) is 38.7 Å². The fraction of sp³-hybridized carbons (Fsp3) is 0.538. The van der Waals surface area contributed by atoms with E-state index in [-0.39, 0.29) is 6.10 Å². The van der Waals surface area contributed by atoms with Gasteiger partial charge in [-0.3, -0.25) is 0 Å². The van der Waals surface area contributed by atoms with E-state index in [1.807, 2.05) is 0 Å². The molecule has 0 aliphatic heterocycles. The van der Waals surface area contributed by atoms with Crippen LogP contribution in [0.1, 0.15) is 43.1 Å². The van der Waals surface area contributed by atoms with Crippen molar-refractivity contribution in [3.8, 4) is 5.75 Å². The summed E-state index contributed by atoms with van der Waals surface area (Å²) in [4.78, 5) is 15.5. The molecule has 4 nitrogen and oxygen atoms in total. The molecule has 1 saturated carbocycles. The van der Waals surface area contributed by atoms with Crippen LogP contribution in [0.25, 0.3) is 0 Å². The molecular formula is C13H17NO3. The topological polar surface area (TPSA) is 48.4 Å². The van der Waals surface area contributed by atoms with E-state index < -0.39 is 5.97 Å². The Bertz CT molecular complexity index is 386. The van der Waals surface area contributed by atoms with E-state index in [2.05, 4.69) is 4.98 Å². The average Bonchev–Trinajstić information content (AvgIpc) is 2.82. The molecule has 0 unspecified atom stereocenters. The predicted octanol–water partition coefficient (Wildman–Crippen LogP) is 2.58. The minimum atomic E-state index is -0.399. The van der Waals surface area contributed by atoms with E-state index in [0.29, 0.717) is 18.1 Å². The van der Waals surface area contributed by atoms with Crippen molar-refractivity contribution in [1.29, 1.82) is 0 Å². The lowest BCUT2D eigenvalue weighted by atomic mass is 10.3. The van der Waals surface area contributed by atoms with Crippen molar-refractivity contribution in [1.82, 2.24) is 4.98 Å². The van der Waals surface area contributed by atoms with E-state index in [4.69, 9.17) is 9.47 Å². The summed E-state index contributed by atoms with van der Waals surface area (Å²) in [5.74, 6) is 0.305. The number of pyridine rings is 1. The first-order valence-corrected chi connectivity index (χ1v) is 6.09. The van der Waals surface area contributed by atoms with Gasteiger partial charge in [0.15, 0.2) is 5.69 Å². The van der Waals surface area contributed by atoms with Crippen LogP contribution in [0, 0.1) is 0 Å². The van der Waals surface area contributed by atoms with Gasteiger partial charge >= 0.3 is 5.97 Å². The molecule has 1 aromatic heterocycles. The summed E-state index contributed by atoms with van der Waals surface area (Å²) < 4.78 is 10.7. The summed E-state index contributed by atoms with van der Waals surface area (Å²) in [5, 5.41) is 0. The second-order valence-electron chi connectivity index (χ2n) is 4.12. The normalized spacial score (nSPS) is 15.8. The molecule has 92 valence electrons. The standard InChI is InChI=1S/C13H17NO3/c1-2-16-13(15)12-9-11(7-8-14-12)17-10-5-3-4-6-10/h7-10H,2-6H2,1H3. The van der Waals surface area contributed by atoms with Crippen molar-refractivity contribution in [2.24, 2.45) is 0 Å². The Kier molecular flexibility index (Phi) is 3.96. The van der Waals surface area contributed by atoms with E-state index >= 15 is 0 Å². The molecule has 0 radical (unpaired) electrons. The first-order valence-electron chi connectivity index (χ1n) is 6.09. The molecule has 0 atom stereocenters. The summed E-state index contributed by atoms with van der Waals surface area (Å²) in [6.45, 7) is 2.13. The molecule has 1 aliphatic rings. The highest BCUT2D eigenvalue weighted by atomic mass is 16.5. The zero-order valence-corrected chi connectivity index (χ0v) is 10.0. The maximum absolute atomic E-state index is 11.5. The van der Waals surface area contributed by atoms with Crippen molar-refractivity contribution in [3.63, 3.8) is 0 Å². The van der Waals surface area contributed by atoms with Gasteiger partial charge in [-0.15, -0.1) is 0 Å². The van der Waals surface area contributed by atoms with Crippen molar-refractivity contribution in [3.05, 3.63) is 24.0 Å². The molecule has 2 rings (SSSR count). The van der Waals surface area contributed by atoms with Gasteiger partial charge in [0.1, 0.15) is 5.75 Å². The van der Waals surface area contributed by atoms with Crippen molar-refractivity contribution >= 4 is 5.97 Å². The number of carbonyl (C=O) groups is 1. The summed E-state index contributed by atoms with van der Waals surface area (Å²) in [5.41, 5.74) is 0.308. The number of nitrogens with zero attached hydrogens (tertiary/aromatic N) is 1. The average molecular weight is 235 g/mol. The highest BCUT2D eigenvalue weighted by Crippen LogP contribution is 2.24. The van der Waals surface area contributed by atoms with Crippen LogP contribution in [0.15, 0.2) is 18.3 Å². The third kappa shape index (κ3) is 3.19. The van der Waals surface area contributed by atoms with Crippen LogP contribution < -0.4 is 4.74 Å². The Morgan fingerprint density at radius 3 is 2.94 bits per heavy atom. The third-order valence-corrected chi connectivity index (χ3v) is 2.82. The van der Waals surface area contributed by atoms with Gasteiger partial charge in [0.2, 0.25) is 0 Å². The summed E-state index contributed by atoms with van der Waals surface area (Å²) in [6.07, 6.45) is 6.50. The first kappa shape index (κ1) is 11.9. The molecule has 1 aliphatic carbocycles. The Morgan fingerprint density at radius 1 is 1.47 bits per heavy atom. The quantitative estimate of drug-likeness (QED) is 0.752. The molecule has 0 spiro atoms. The number of ether oxygens (including phenoxy) is 2. The van der Waals surface area contributed by atoms with Crippen LogP contribution in [-0.4, -0.2) is 23.7 Å². The zero-order valence-electron chi connectivity index (χ0n) is 10.0. The molecule has 0 bridgehead atoms. The van der Waals surface area contributed by atoms with E-state index in [1.165, 1.54) is 12.8 Å². The van der Waals surface area contributed by atoms with Gasteiger partial charge in [-0.25, -0.2) is 9.78 Å². The molecule has 4 heteroatoms. The number of esters is 1. The van der Waals surface area contributed by atoms with Crippen LogP contribution in [0.2, 0.25) is 0 Å². The second-order valence-corrected chi connectivity index (χ2v) is 4.12. The van der Waals surface area contributed by atoms with Crippen LogP contribution in [-0.2, 0) is 4.74 Å². The number of rotatable bonds is 4. The van der Waals surface area contributed by atoms with Crippen molar-refractivity contribution in [2.45, 2.75) is 38.7 Å². The number of hydrogen-bond acceptors (Lipinski definition) is 4. The van der Waals surface area contributed by atoms with Crippen LogP contribution in [0.3, 0.4) is 0 Å². The van der Waals surface area contributed by atoms with Crippen molar-refractivity contribution < 1.29 is 14.3 Å². The number of hydrogen-bond donors (Lipinski definition) is 0. The Labute approximate surface area is 101 Å². The maximum atomic E-state index is 11.5. The smallest absolute Gasteiger partial charge is 0.357 e. The Morgan fingerprint density at radius 2 is 2.24 bits per heavy atom. The molecular weight excluding hydrogens is 218 g/mol. The molecule has 17 heavy (non-hydrogen) atoms. The third-order valence-electron chi connectivity index (χ3n) is 2.82. The molecule has 1 fully saturated rings. The fourth-order valence-electron chi connectivity index (χ4n) is 2.00. The minimum absolute atomic E-state index is 0.285. The number of carbonyl (C=O) groups excluding carboxylic acids is 1. The maximum Gasteiger partial charge on any atom is 0.357 e. The van der Waals surface area contributed by atoms with Crippen molar-refractivity contribution in [2.75, 3.05) is 6.61 Å². The molecule has 0 amide bonds. The van der Waals surface area contributed by atoms with Crippen LogP contribution >= 0.6 is 0 Å². The summed E-state index contributed by atoms with van der Waals surface area (Å²) >= 11 is 0. The summed E-state index contributed by atoms with van der Waals surface area (Å²) in [7, 11) is 0. The zero-order chi connectivity index (χ0) is 12.1. The first-order chi connectivity index (χ1) is 8.29. The molecule has 1 aromatic rings. The van der Waals surface area contributed by atoms with E-state index in [1.54, 1.807) is 25.3 Å². The Balaban J connectivity index is 2.02. The minimum Gasteiger partial charge on any atom is -0.490 e. The van der Waals surface area contributed by atoms with Crippen LogP contribution in [0.4, 0.5) is 0 Å². The lowest BCUT2D eigenvalue weighted by molar-refractivity contribution is 0.0518. The summed E-state index contributed by atoms with van der Waals surface area (Å²) in [6, 6.07) is 3.43. The van der Waals surface area contributed by atoms with Gasteiger partial charge in [-0.1, -0.05) is 0 Å². The molecule has 0 aromatic carbocycles. The van der Waals surface area contributed by atoms with Gasteiger partial charge < -0.3 is 9.47 Å². The highest BCUT2D eigenvalue weighted by Gasteiger charge is 2.17. The van der Waals surface area contributed by atoms with E-state index in [9.17, 15) is 4.79 Å². The lowest BCUT2D eigenvalue weighted by Crippen LogP contribution is -2.12. The molecule has 0 saturated heterocycles.